The van der Waals surface area contributed by atoms with E-state index >= 15 is 0 Å². The Labute approximate surface area is 128 Å². The number of methoxy groups -OCH3 is 1. The molecule has 0 aromatic heterocycles. The Balaban J connectivity index is 2.17. The van der Waals surface area contributed by atoms with Crippen molar-refractivity contribution in [3.8, 4) is 5.75 Å². The van der Waals surface area contributed by atoms with Crippen LogP contribution in [0.3, 0.4) is 0 Å². The molecule has 3 heteroatoms. The molecule has 0 heterocycles. The van der Waals surface area contributed by atoms with Gasteiger partial charge in [-0.1, -0.05) is 33.3 Å². The monoisotopic (exact) mass is 293 g/mol. The van der Waals surface area contributed by atoms with Crippen molar-refractivity contribution in [1.82, 2.24) is 5.32 Å². The Morgan fingerprint density at radius 3 is 2.71 bits per heavy atom. The van der Waals surface area contributed by atoms with E-state index in [2.05, 4.69) is 26.1 Å². The second-order valence-electron chi connectivity index (χ2n) is 6.74. The van der Waals surface area contributed by atoms with E-state index in [9.17, 15) is 4.39 Å². The normalized spacial score (nSPS) is 26.1. The van der Waals surface area contributed by atoms with Crippen molar-refractivity contribution >= 4 is 0 Å². The van der Waals surface area contributed by atoms with Crippen molar-refractivity contribution in [3.63, 3.8) is 0 Å². The lowest BCUT2D eigenvalue weighted by Crippen LogP contribution is -2.34. The highest BCUT2D eigenvalue weighted by atomic mass is 19.1. The highest BCUT2D eigenvalue weighted by molar-refractivity contribution is 5.32. The summed E-state index contributed by atoms with van der Waals surface area (Å²) in [5.41, 5.74) is 1.12. The largest absolute Gasteiger partial charge is 0.494 e. The summed E-state index contributed by atoms with van der Waals surface area (Å²) in [6.07, 6.45) is 3.65. The maximum absolute atomic E-state index is 14.0. The van der Waals surface area contributed by atoms with Crippen LogP contribution in [0.5, 0.6) is 5.75 Å². The quantitative estimate of drug-likeness (QED) is 0.871. The molecule has 1 aliphatic rings. The van der Waals surface area contributed by atoms with E-state index < -0.39 is 0 Å². The van der Waals surface area contributed by atoms with Crippen LogP contribution in [0.1, 0.15) is 51.5 Å². The predicted octanol–water partition coefficient (Wildman–Crippen LogP) is 4.35. The summed E-state index contributed by atoms with van der Waals surface area (Å²) >= 11 is 0. The Bertz CT molecular complexity index is 461. The van der Waals surface area contributed by atoms with Gasteiger partial charge in [-0.05, 0) is 54.8 Å². The van der Waals surface area contributed by atoms with Gasteiger partial charge in [-0.2, -0.15) is 0 Å². The van der Waals surface area contributed by atoms with Crippen LogP contribution < -0.4 is 10.1 Å². The molecular weight excluding hydrogens is 265 g/mol. The molecule has 0 amide bonds. The topological polar surface area (TPSA) is 21.3 Å². The molecule has 118 valence electrons. The molecule has 0 spiro atoms. The maximum Gasteiger partial charge on any atom is 0.165 e. The number of nitrogens with one attached hydrogen (secondary N) is 1. The van der Waals surface area contributed by atoms with Crippen LogP contribution in [0.25, 0.3) is 0 Å². The van der Waals surface area contributed by atoms with Gasteiger partial charge < -0.3 is 10.1 Å². The first-order valence-electron chi connectivity index (χ1n) is 8.08. The third-order valence-corrected chi connectivity index (χ3v) is 4.65. The summed E-state index contributed by atoms with van der Waals surface area (Å²) in [6.45, 7) is 7.67. The van der Waals surface area contributed by atoms with E-state index in [1.165, 1.54) is 20.0 Å². The lowest BCUT2D eigenvalue weighted by Gasteiger charge is -2.36. The number of ether oxygens (including phenoxy) is 1. The zero-order valence-electron chi connectivity index (χ0n) is 13.7. The molecule has 1 aromatic rings. The standard InChI is InChI=1S/C18H28FNO/c1-12(2)20-11-15-6-5-13(3)9-16(15)14-7-8-18(21-4)17(19)10-14/h7-8,10,12-13,15-16,20H,5-6,9,11H2,1-4H3. The average molecular weight is 293 g/mol. The van der Waals surface area contributed by atoms with Gasteiger partial charge in [0.1, 0.15) is 0 Å². The lowest BCUT2D eigenvalue weighted by molar-refractivity contribution is 0.237. The van der Waals surface area contributed by atoms with E-state index in [1.54, 1.807) is 12.1 Å². The zero-order valence-corrected chi connectivity index (χ0v) is 13.7. The molecule has 1 fully saturated rings. The summed E-state index contributed by atoms with van der Waals surface area (Å²) < 4.78 is 19.0. The second kappa shape index (κ2) is 7.26. The molecule has 3 atom stereocenters. The summed E-state index contributed by atoms with van der Waals surface area (Å²) in [4.78, 5) is 0. The number of hydrogen-bond acceptors (Lipinski definition) is 2. The first kappa shape index (κ1) is 16.3. The third-order valence-electron chi connectivity index (χ3n) is 4.65. The first-order valence-corrected chi connectivity index (χ1v) is 8.08. The minimum atomic E-state index is -0.246. The van der Waals surface area contributed by atoms with Crippen molar-refractivity contribution < 1.29 is 9.13 Å². The van der Waals surface area contributed by atoms with Crippen LogP contribution in [0.2, 0.25) is 0 Å². The van der Waals surface area contributed by atoms with Crippen LogP contribution in [0.15, 0.2) is 18.2 Å². The number of hydrogen-bond donors (Lipinski definition) is 1. The number of halogens is 1. The van der Waals surface area contributed by atoms with Gasteiger partial charge in [-0.25, -0.2) is 4.39 Å². The van der Waals surface area contributed by atoms with Crippen LogP contribution in [-0.2, 0) is 0 Å². The average Bonchev–Trinajstić information content (AvgIpc) is 2.45. The van der Waals surface area contributed by atoms with Gasteiger partial charge in [0.15, 0.2) is 11.6 Å². The minimum absolute atomic E-state index is 0.246. The molecule has 1 saturated carbocycles. The highest BCUT2D eigenvalue weighted by Crippen LogP contribution is 2.41. The van der Waals surface area contributed by atoms with Crippen molar-refractivity contribution in [1.29, 1.82) is 0 Å². The van der Waals surface area contributed by atoms with Crippen LogP contribution >= 0.6 is 0 Å². The van der Waals surface area contributed by atoms with E-state index in [-0.39, 0.29) is 5.82 Å². The molecule has 1 N–H and O–H groups in total. The second-order valence-corrected chi connectivity index (χ2v) is 6.74. The molecule has 1 aliphatic carbocycles. The van der Waals surface area contributed by atoms with Gasteiger partial charge in [0, 0.05) is 6.04 Å². The van der Waals surface area contributed by atoms with Crippen molar-refractivity contribution in [2.75, 3.05) is 13.7 Å². The number of rotatable bonds is 5. The van der Waals surface area contributed by atoms with Gasteiger partial charge in [0.2, 0.25) is 0 Å². The Hall–Kier alpha value is -1.09. The molecule has 3 unspecified atom stereocenters. The fraction of sp³-hybridized carbons (Fsp3) is 0.667. The molecule has 1 aromatic carbocycles. The van der Waals surface area contributed by atoms with E-state index in [1.807, 2.05) is 6.07 Å². The molecule has 2 rings (SSSR count). The van der Waals surface area contributed by atoms with Gasteiger partial charge in [0.05, 0.1) is 7.11 Å². The van der Waals surface area contributed by atoms with E-state index in [4.69, 9.17) is 4.74 Å². The summed E-state index contributed by atoms with van der Waals surface area (Å²) in [7, 11) is 1.51. The molecule has 21 heavy (non-hydrogen) atoms. The molecule has 2 nitrogen and oxygen atoms in total. The van der Waals surface area contributed by atoms with Crippen LogP contribution in [-0.4, -0.2) is 19.7 Å². The summed E-state index contributed by atoms with van der Waals surface area (Å²) in [5, 5.41) is 3.55. The lowest BCUT2D eigenvalue weighted by atomic mass is 9.71. The summed E-state index contributed by atoms with van der Waals surface area (Å²) in [5.74, 6) is 1.84. The van der Waals surface area contributed by atoms with Crippen molar-refractivity contribution in [3.05, 3.63) is 29.6 Å². The van der Waals surface area contributed by atoms with Gasteiger partial charge >= 0.3 is 0 Å². The summed E-state index contributed by atoms with van der Waals surface area (Å²) in [6, 6.07) is 5.96. The Morgan fingerprint density at radius 1 is 1.33 bits per heavy atom. The SMILES string of the molecule is COc1ccc(C2CC(C)CCC2CNC(C)C)cc1F. The van der Waals surface area contributed by atoms with E-state index in [0.717, 1.165) is 24.4 Å². The first-order chi connectivity index (χ1) is 10.0. The smallest absolute Gasteiger partial charge is 0.165 e. The van der Waals surface area contributed by atoms with Gasteiger partial charge in [-0.15, -0.1) is 0 Å². The minimum Gasteiger partial charge on any atom is -0.494 e. The Morgan fingerprint density at radius 2 is 2.10 bits per heavy atom. The zero-order chi connectivity index (χ0) is 15.4. The van der Waals surface area contributed by atoms with E-state index in [0.29, 0.717) is 23.6 Å². The highest BCUT2D eigenvalue weighted by Gasteiger charge is 2.30. The molecule has 0 radical (unpaired) electrons. The maximum atomic E-state index is 14.0. The van der Waals surface area contributed by atoms with Crippen molar-refractivity contribution in [2.24, 2.45) is 11.8 Å². The number of benzene rings is 1. The molecular formula is C18H28FNO. The molecule has 0 bridgehead atoms. The van der Waals surface area contributed by atoms with Gasteiger partial charge in [-0.3, -0.25) is 0 Å². The van der Waals surface area contributed by atoms with Gasteiger partial charge in [0.25, 0.3) is 0 Å². The Kier molecular flexibility index (Phi) is 5.63. The van der Waals surface area contributed by atoms with Crippen molar-refractivity contribution in [2.45, 2.75) is 52.0 Å². The predicted molar refractivity (Wildman–Crippen MR) is 85.3 cm³/mol. The third kappa shape index (κ3) is 4.19. The molecule has 0 aliphatic heterocycles. The fourth-order valence-corrected chi connectivity index (χ4v) is 3.40. The molecule has 0 saturated heterocycles. The fourth-order valence-electron chi connectivity index (χ4n) is 3.40. The van der Waals surface area contributed by atoms with Crippen LogP contribution in [0, 0.1) is 17.7 Å². The van der Waals surface area contributed by atoms with Crippen LogP contribution in [0.4, 0.5) is 4.39 Å².